The Hall–Kier alpha value is -0.990. The van der Waals surface area contributed by atoms with Gasteiger partial charge in [0.2, 0.25) is 0 Å². The van der Waals surface area contributed by atoms with Crippen LogP contribution in [0.4, 0.5) is 0 Å². The fraction of sp³-hybridized carbons (Fsp3) is 0.533. The van der Waals surface area contributed by atoms with Crippen LogP contribution in [0.3, 0.4) is 0 Å². The van der Waals surface area contributed by atoms with Crippen LogP contribution in [-0.4, -0.2) is 67.3 Å². The summed E-state index contributed by atoms with van der Waals surface area (Å²) in [5.41, 5.74) is 0.574. The number of hydrogen-bond donors (Lipinski definition) is 2. The van der Waals surface area contributed by atoms with E-state index < -0.39 is 0 Å². The number of nitrogens with one attached hydrogen (secondary N) is 2. The lowest BCUT2D eigenvalue weighted by Crippen LogP contribution is -2.42. The smallest absolute Gasteiger partial charge is 0.357 e. The molecule has 6 nitrogen and oxygen atoms in total. The monoisotopic (exact) mass is 370 g/mol. The quantitative estimate of drug-likeness (QED) is 0.753. The maximum absolute atomic E-state index is 12.1. The minimum absolute atomic E-state index is 0.306. The van der Waals surface area contributed by atoms with Crippen LogP contribution in [0.1, 0.15) is 10.4 Å². The van der Waals surface area contributed by atoms with Gasteiger partial charge in [-0.25, -0.2) is 8.72 Å². The SMILES string of the molecule is O=C(ON1CCNCCN(Br)CCNCC1)c1ccccc1. The second-order valence-corrected chi connectivity index (χ2v) is 6.09. The summed E-state index contributed by atoms with van der Waals surface area (Å²) in [6.07, 6.45) is 0. The average Bonchev–Trinajstić information content (AvgIpc) is 2.53. The summed E-state index contributed by atoms with van der Waals surface area (Å²) in [4.78, 5) is 17.6. The minimum atomic E-state index is -0.306. The third kappa shape index (κ3) is 6.41. The summed E-state index contributed by atoms with van der Waals surface area (Å²) in [6, 6.07) is 9.08. The average molecular weight is 371 g/mol. The molecule has 7 heteroatoms. The van der Waals surface area contributed by atoms with Crippen molar-refractivity contribution in [2.75, 3.05) is 52.4 Å². The molecule has 0 saturated carbocycles. The molecule has 1 heterocycles. The second kappa shape index (κ2) is 9.91. The van der Waals surface area contributed by atoms with Crippen molar-refractivity contribution in [1.82, 2.24) is 19.6 Å². The molecule has 2 N–H and O–H groups in total. The van der Waals surface area contributed by atoms with Crippen molar-refractivity contribution >= 4 is 22.1 Å². The van der Waals surface area contributed by atoms with Crippen molar-refractivity contribution in [3.63, 3.8) is 0 Å². The normalized spacial score (nSPS) is 19.9. The summed E-state index contributed by atoms with van der Waals surface area (Å²) in [6.45, 7) is 6.56. The Kier molecular flexibility index (Phi) is 7.82. The number of carbonyl (C=O) groups is 1. The van der Waals surface area contributed by atoms with Gasteiger partial charge < -0.3 is 15.5 Å². The molecular formula is C15H23BrN4O2. The van der Waals surface area contributed by atoms with Gasteiger partial charge in [0.1, 0.15) is 0 Å². The first kappa shape index (κ1) is 17.4. The van der Waals surface area contributed by atoms with Gasteiger partial charge in [-0.15, -0.1) is 5.06 Å². The predicted molar refractivity (Wildman–Crippen MR) is 89.7 cm³/mol. The van der Waals surface area contributed by atoms with Gasteiger partial charge in [0, 0.05) is 68.5 Å². The number of hydrogen-bond acceptors (Lipinski definition) is 6. The van der Waals surface area contributed by atoms with E-state index in [9.17, 15) is 4.79 Å². The lowest BCUT2D eigenvalue weighted by Gasteiger charge is -2.23. The van der Waals surface area contributed by atoms with Crippen LogP contribution < -0.4 is 10.6 Å². The van der Waals surface area contributed by atoms with E-state index in [1.165, 1.54) is 0 Å². The third-order valence-corrected chi connectivity index (χ3v) is 4.07. The van der Waals surface area contributed by atoms with Gasteiger partial charge in [-0.2, -0.15) is 0 Å². The topological polar surface area (TPSA) is 56.8 Å². The molecule has 0 radical (unpaired) electrons. The molecule has 0 amide bonds. The van der Waals surface area contributed by atoms with E-state index in [0.29, 0.717) is 18.7 Å². The van der Waals surface area contributed by atoms with E-state index in [1.54, 1.807) is 17.2 Å². The van der Waals surface area contributed by atoms with Gasteiger partial charge in [0.05, 0.1) is 5.56 Å². The molecule has 22 heavy (non-hydrogen) atoms. The minimum Gasteiger partial charge on any atom is -0.364 e. The van der Waals surface area contributed by atoms with Crippen LogP contribution in [-0.2, 0) is 4.84 Å². The Bertz CT molecular complexity index is 432. The molecule has 1 aromatic rings. The molecular weight excluding hydrogens is 348 g/mol. The summed E-state index contributed by atoms with van der Waals surface area (Å²) in [5, 5.41) is 8.43. The van der Waals surface area contributed by atoms with Gasteiger partial charge in [0.25, 0.3) is 0 Å². The molecule has 1 aliphatic rings. The second-order valence-electron chi connectivity index (χ2n) is 5.08. The molecule has 122 valence electrons. The number of benzene rings is 1. The van der Waals surface area contributed by atoms with Crippen LogP contribution in [0.2, 0.25) is 0 Å². The zero-order valence-electron chi connectivity index (χ0n) is 12.6. The number of rotatable bonds is 2. The van der Waals surface area contributed by atoms with Gasteiger partial charge in [-0.3, -0.25) is 0 Å². The zero-order valence-corrected chi connectivity index (χ0v) is 14.2. The van der Waals surface area contributed by atoms with Gasteiger partial charge >= 0.3 is 5.97 Å². The van der Waals surface area contributed by atoms with E-state index in [1.807, 2.05) is 18.2 Å². The van der Waals surface area contributed by atoms with Crippen LogP contribution in [0, 0.1) is 0 Å². The molecule has 1 fully saturated rings. The van der Waals surface area contributed by atoms with Gasteiger partial charge in [0.15, 0.2) is 0 Å². The Balaban J connectivity index is 1.84. The van der Waals surface area contributed by atoms with Gasteiger partial charge in [-0.1, -0.05) is 18.2 Å². The maximum atomic E-state index is 12.1. The molecule has 1 saturated heterocycles. The van der Waals surface area contributed by atoms with Gasteiger partial charge in [-0.05, 0) is 12.1 Å². The Morgan fingerprint density at radius 3 is 2.09 bits per heavy atom. The highest BCUT2D eigenvalue weighted by atomic mass is 79.9. The van der Waals surface area contributed by atoms with Crippen molar-refractivity contribution in [2.45, 2.75) is 0 Å². The lowest BCUT2D eigenvalue weighted by molar-refractivity contribution is -0.107. The molecule has 2 rings (SSSR count). The van der Waals surface area contributed by atoms with Crippen molar-refractivity contribution in [2.24, 2.45) is 0 Å². The van der Waals surface area contributed by atoms with Crippen molar-refractivity contribution in [3.8, 4) is 0 Å². The maximum Gasteiger partial charge on any atom is 0.357 e. The van der Waals surface area contributed by atoms with Crippen LogP contribution in [0.15, 0.2) is 30.3 Å². The molecule has 0 spiro atoms. The third-order valence-electron chi connectivity index (χ3n) is 3.36. The Morgan fingerprint density at radius 1 is 0.955 bits per heavy atom. The fourth-order valence-corrected chi connectivity index (χ4v) is 2.47. The molecule has 1 aliphatic heterocycles. The fourth-order valence-electron chi connectivity index (χ4n) is 2.12. The Morgan fingerprint density at radius 2 is 1.50 bits per heavy atom. The van der Waals surface area contributed by atoms with E-state index in [0.717, 1.165) is 39.3 Å². The number of nitrogens with zero attached hydrogens (tertiary/aromatic N) is 2. The molecule has 0 aromatic heterocycles. The number of hydroxylamine groups is 2. The molecule has 1 aromatic carbocycles. The largest absolute Gasteiger partial charge is 0.364 e. The van der Waals surface area contributed by atoms with Crippen molar-refractivity contribution in [3.05, 3.63) is 35.9 Å². The van der Waals surface area contributed by atoms with E-state index in [4.69, 9.17) is 4.84 Å². The van der Waals surface area contributed by atoms with E-state index in [-0.39, 0.29) is 5.97 Å². The molecule has 0 atom stereocenters. The number of halogens is 1. The van der Waals surface area contributed by atoms with E-state index in [2.05, 4.69) is 30.7 Å². The molecule has 0 unspecified atom stereocenters. The molecule has 0 aliphatic carbocycles. The highest BCUT2D eigenvalue weighted by molar-refractivity contribution is 9.07. The predicted octanol–water partition coefficient (Wildman–Crippen LogP) is 0.865. The van der Waals surface area contributed by atoms with E-state index >= 15 is 0 Å². The zero-order chi connectivity index (χ0) is 15.6. The first-order valence-corrected chi connectivity index (χ1v) is 8.31. The standard InChI is InChI=1S/C15H23BrN4O2/c16-19-10-6-17-8-12-20(13-9-18-7-11-19)22-15(21)14-4-2-1-3-5-14/h1-5,17-18H,6-13H2. The molecule has 0 bridgehead atoms. The van der Waals surface area contributed by atoms with Crippen LogP contribution >= 0.6 is 16.1 Å². The Labute approximate surface area is 140 Å². The summed E-state index contributed by atoms with van der Waals surface area (Å²) in [7, 11) is 0. The highest BCUT2D eigenvalue weighted by Crippen LogP contribution is 2.03. The first-order chi connectivity index (χ1) is 10.8. The summed E-state index contributed by atoms with van der Waals surface area (Å²) < 4.78 is 2.11. The highest BCUT2D eigenvalue weighted by Gasteiger charge is 2.14. The summed E-state index contributed by atoms with van der Waals surface area (Å²) >= 11 is 3.52. The first-order valence-electron chi connectivity index (χ1n) is 7.60. The number of carbonyl (C=O) groups excluding carboxylic acids is 1. The summed E-state index contributed by atoms with van der Waals surface area (Å²) in [5.74, 6) is -0.306. The van der Waals surface area contributed by atoms with Crippen LogP contribution in [0.25, 0.3) is 0 Å². The van der Waals surface area contributed by atoms with Crippen molar-refractivity contribution < 1.29 is 9.63 Å². The lowest BCUT2D eigenvalue weighted by atomic mass is 10.2. The van der Waals surface area contributed by atoms with Crippen LogP contribution in [0.5, 0.6) is 0 Å². The van der Waals surface area contributed by atoms with Crippen molar-refractivity contribution in [1.29, 1.82) is 0 Å².